The van der Waals surface area contributed by atoms with E-state index in [1.165, 1.54) is 18.2 Å². The van der Waals surface area contributed by atoms with Crippen LogP contribution in [0.5, 0.6) is 11.5 Å². The summed E-state index contributed by atoms with van der Waals surface area (Å²) in [5, 5.41) is 2.90. The predicted octanol–water partition coefficient (Wildman–Crippen LogP) is 4.90. The second-order valence-electron chi connectivity index (χ2n) is 5.97. The van der Waals surface area contributed by atoms with Crippen LogP contribution in [-0.4, -0.2) is 10.9 Å². The van der Waals surface area contributed by atoms with Crippen LogP contribution in [0.2, 0.25) is 0 Å². The first-order valence-electron chi connectivity index (χ1n) is 8.52. The minimum absolute atomic E-state index is 0.198. The number of halogens is 1. The zero-order chi connectivity index (χ0) is 19.1. The molecule has 1 amide bonds. The Bertz CT molecular complexity index is 925. The molecule has 0 aliphatic carbocycles. The summed E-state index contributed by atoms with van der Waals surface area (Å²) in [4.78, 5) is 16.1. The minimum Gasteiger partial charge on any atom is -0.457 e. The van der Waals surface area contributed by atoms with Gasteiger partial charge in [-0.05, 0) is 60.5 Å². The molecular formula is C22H19FN2O2. The largest absolute Gasteiger partial charge is 0.457 e. The van der Waals surface area contributed by atoms with E-state index in [-0.39, 0.29) is 17.8 Å². The summed E-state index contributed by atoms with van der Waals surface area (Å²) >= 11 is 0. The van der Waals surface area contributed by atoms with Gasteiger partial charge in [-0.2, -0.15) is 0 Å². The van der Waals surface area contributed by atoms with Gasteiger partial charge in [0.1, 0.15) is 17.3 Å². The highest BCUT2D eigenvalue weighted by molar-refractivity contribution is 5.91. The van der Waals surface area contributed by atoms with Crippen molar-refractivity contribution in [3.63, 3.8) is 0 Å². The van der Waals surface area contributed by atoms with E-state index in [1.807, 2.05) is 31.2 Å². The minimum atomic E-state index is -0.306. The molecular weight excluding hydrogens is 343 g/mol. The molecule has 4 nitrogen and oxygen atoms in total. The third kappa shape index (κ3) is 5.51. The molecule has 0 bridgehead atoms. The highest BCUT2D eigenvalue weighted by atomic mass is 19.1. The number of nitrogens with one attached hydrogen (secondary N) is 1. The normalized spacial score (nSPS) is 11.9. The first-order chi connectivity index (χ1) is 13.1. The SMILES string of the molecule is CC(NC(=O)/C=C/c1ccc(F)cc1)c1cccc(Oc2ccncc2)c1. The summed E-state index contributed by atoms with van der Waals surface area (Å²) in [6.07, 6.45) is 6.40. The van der Waals surface area contributed by atoms with Crippen LogP contribution in [-0.2, 0) is 4.79 Å². The van der Waals surface area contributed by atoms with Gasteiger partial charge in [0, 0.05) is 18.5 Å². The van der Waals surface area contributed by atoms with Gasteiger partial charge in [0.2, 0.25) is 5.91 Å². The van der Waals surface area contributed by atoms with Crippen LogP contribution >= 0.6 is 0 Å². The van der Waals surface area contributed by atoms with Crippen molar-refractivity contribution in [3.05, 3.63) is 96.1 Å². The van der Waals surface area contributed by atoms with Crippen LogP contribution in [0.3, 0.4) is 0 Å². The van der Waals surface area contributed by atoms with Crippen molar-refractivity contribution in [2.45, 2.75) is 13.0 Å². The smallest absolute Gasteiger partial charge is 0.244 e. The number of amides is 1. The number of benzene rings is 2. The van der Waals surface area contributed by atoms with Crippen molar-refractivity contribution in [1.82, 2.24) is 10.3 Å². The summed E-state index contributed by atoms with van der Waals surface area (Å²) < 4.78 is 18.7. The predicted molar refractivity (Wildman–Crippen MR) is 103 cm³/mol. The van der Waals surface area contributed by atoms with Gasteiger partial charge in [0.15, 0.2) is 0 Å². The van der Waals surface area contributed by atoms with E-state index in [0.29, 0.717) is 11.5 Å². The summed E-state index contributed by atoms with van der Waals surface area (Å²) in [6, 6.07) is 16.8. The zero-order valence-electron chi connectivity index (χ0n) is 14.8. The van der Waals surface area contributed by atoms with Gasteiger partial charge in [-0.3, -0.25) is 9.78 Å². The fourth-order valence-corrected chi connectivity index (χ4v) is 2.48. The molecule has 1 N–H and O–H groups in total. The first-order valence-corrected chi connectivity index (χ1v) is 8.52. The number of hydrogen-bond donors (Lipinski definition) is 1. The number of pyridine rings is 1. The van der Waals surface area contributed by atoms with Crippen molar-refractivity contribution >= 4 is 12.0 Å². The van der Waals surface area contributed by atoms with E-state index in [4.69, 9.17) is 4.74 Å². The van der Waals surface area contributed by atoms with Gasteiger partial charge in [-0.25, -0.2) is 4.39 Å². The van der Waals surface area contributed by atoms with Crippen molar-refractivity contribution in [1.29, 1.82) is 0 Å². The Morgan fingerprint density at radius 2 is 1.81 bits per heavy atom. The van der Waals surface area contributed by atoms with Crippen LogP contribution in [0.4, 0.5) is 4.39 Å². The summed E-state index contributed by atoms with van der Waals surface area (Å²) in [5.41, 5.74) is 1.68. The maximum atomic E-state index is 12.9. The molecule has 0 radical (unpaired) electrons. The molecule has 1 atom stereocenters. The number of ether oxygens (including phenoxy) is 1. The van der Waals surface area contributed by atoms with E-state index < -0.39 is 0 Å². The molecule has 1 heterocycles. The number of carbonyl (C=O) groups excluding carboxylic acids is 1. The molecule has 136 valence electrons. The Kier molecular flexibility index (Phi) is 5.94. The molecule has 2 aromatic carbocycles. The molecule has 0 spiro atoms. The fourth-order valence-electron chi connectivity index (χ4n) is 2.48. The summed E-state index contributed by atoms with van der Waals surface area (Å²) in [7, 11) is 0. The fraction of sp³-hybridized carbons (Fsp3) is 0.0909. The Balaban J connectivity index is 1.61. The molecule has 0 aliphatic rings. The van der Waals surface area contributed by atoms with Gasteiger partial charge in [-0.15, -0.1) is 0 Å². The Hall–Kier alpha value is -3.47. The van der Waals surface area contributed by atoms with E-state index in [0.717, 1.165) is 11.1 Å². The Labute approximate surface area is 157 Å². The van der Waals surface area contributed by atoms with Crippen LogP contribution in [0.1, 0.15) is 24.1 Å². The van der Waals surface area contributed by atoms with Crippen molar-refractivity contribution < 1.29 is 13.9 Å². The molecule has 0 saturated carbocycles. The Morgan fingerprint density at radius 3 is 2.56 bits per heavy atom. The summed E-state index contributed by atoms with van der Waals surface area (Å²) in [5.74, 6) is 0.842. The maximum absolute atomic E-state index is 12.9. The lowest BCUT2D eigenvalue weighted by Gasteiger charge is -2.14. The average molecular weight is 362 g/mol. The molecule has 27 heavy (non-hydrogen) atoms. The lowest BCUT2D eigenvalue weighted by atomic mass is 10.1. The second kappa shape index (κ2) is 8.76. The molecule has 0 fully saturated rings. The van der Waals surface area contributed by atoms with Gasteiger partial charge in [0.05, 0.1) is 6.04 Å². The Morgan fingerprint density at radius 1 is 1.07 bits per heavy atom. The molecule has 1 aromatic heterocycles. The topological polar surface area (TPSA) is 51.2 Å². The van der Waals surface area contributed by atoms with Crippen LogP contribution in [0.15, 0.2) is 79.1 Å². The monoisotopic (exact) mass is 362 g/mol. The third-order valence-electron chi connectivity index (χ3n) is 3.90. The third-order valence-corrected chi connectivity index (χ3v) is 3.90. The molecule has 3 rings (SSSR count). The number of rotatable bonds is 6. The van der Waals surface area contributed by atoms with Crippen LogP contribution in [0, 0.1) is 5.82 Å². The van der Waals surface area contributed by atoms with E-state index in [1.54, 1.807) is 42.7 Å². The van der Waals surface area contributed by atoms with Crippen molar-refractivity contribution in [2.24, 2.45) is 0 Å². The first kappa shape index (κ1) is 18.3. The number of nitrogens with zero attached hydrogens (tertiary/aromatic N) is 1. The standard InChI is InChI=1S/C22H19FN2O2/c1-16(25-22(26)10-7-17-5-8-19(23)9-6-17)18-3-2-4-21(15-18)27-20-11-13-24-14-12-20/h2-16H,1H3,(H,25,26)/b10-7+. The molecule has 1 unspecified atom stereocenters. The lowest BCUT2D eigenvalue weighted by molar-refractivity contribution is -0.117. The maximum Gasteiger partial charge on any atom is 0.244 e. The van der Waals surface area contributed by atoms with Gasteiger partial charge in [0.25, 0.3) is 0 Å². The average Bonchev–Trinajstić information content (AvgIpc) is 2.68. The quantitative estimate of drug-likeness (QED) is 0.634. The number of hydrogen-bond acceptors (Lipinski definition) is 3. The van der Waals surface area contributed by atoms with Gasteiger partial charge >= 0.3 is 0 Å². The van der Waals surface area contributed by atoms with E-state index in [9.17, 15) is 9.18 Å². The zero-order valence-corrected chi connectivity index (χ0v) is 14.8. The second-order valence-corrected chi connectivity index (χ2v) is 5.97. The highest BCUT2D eigenvalue weighted by Crippen LogP contribution is 2.24. The van der Waals surface area contributed by atoms with Crippen molar-refractivity contribution in [3.8, 4) is 11.5 Å². The molecule has 5 heteroatoms. The highest BCUT2D eigenvalue weighted by Gasteiger charge is 2.09. The van der Waals surface area contributed by atoms with E-state index >= 15 is 0 Å². The van der Waals surface area contributed by atoms with Crippen molar-refractivity contribution in [2.75, 3.05) is 0 Å². The molecule has 0 aliphatic heterocycles. The lowest BCUT2D eigenvalue weighted by Crippen LogP contribution is -2.24. The van der Waals surface area contributed by atoms with Gasteiger partial charge in [-0.1, -0.05) is 24.3 Å². The number of carbonyl (C=O) groups is 1. The number of aromatic nitrogens is 1. The molecule has 0 saturated heterocycles. The van der Waals surface area contributed by atoms with Crippen LogP contribution < -0.4 is 10.1 Å². The van der Waals surface area contributed by atoms with Gasteiger partial charge < -0.3 is 10.1 Å². The molecule has 3 aromatic rings. The summed E-state index contributed by atoms with van der Waals surface area (Å²) in [6.45, 7) is 1.90. The van der Waals surface area contributed by atoms with E-state index in [2.05, 4.69) is 10.3 Å². The van der Waals surface area contributed by atoms with Crippen LogP contribution in [0.25, 0.3) is 6.08 Å².